The number of hydrogen-bond donors (Lipinski definition) is 3. The highest BCUT2D eigenvalue weighted by atomic mass is 16.6. The first-order chi connectivity index (χ1) is 18.7. The van der Waals surface area contributed by atoms with Gasteiger partial charge in [0, 0.05) is 50.4 Å². The summed E-state index contributed by atoms with van der Waals surface area (Å²) in [6.45, 7) is 8.28. The number of aromatic nitrogens is 4. The number of rotatable bonds is 2. The molecule has 204 valence electrons. The lowest BCUT2D eigenvalue weighted by molar-refractivity contribution is 0.0269. The van der Waals surface area contributed by atoms with Gasteiger partial charge in [0.1, 0.15) is 5.60 Å². The molecule has 2 aromatic heterocycles. The summed E-state index contributed by atoms with van der Waals surface area (Å²) in [5, 5.41) is 3.24. The minimum absolute atomic E-state index is 0.0469. The molecule has 2 aliphatic rings. The predicted octanol–water partition coefficient (Wildman–Crippen LogP) is 3.98. The normalized spacial score (nSPS) is 15.9. The van der Waals surface area contributed by atoms with Gasteiger partial charge in [0.25, 0.3) is 0 Å². The average molecular weight is 531 g/mol. The largest absolute Gasteiger partial charge is 0.444 e. The molecule has 4 aromatic rings. The second-order valence-electron chi connectivity index (χ2n) is 10.6. The first kappa shape index (κ1) is 26.3. The predicted molar refractivity (Wildman–Crippen MR) is 154 cm³/mol. The first-order valence-corrected chi connectivity index (χ1v) is 13.2. The molecular weight excluding hydrogens is 496 g/mol. The number of H-pyrrole nitrogens is 2. The number of ether oxygens (including phenoxy) is 1. The standard InChI is InChI=1S/C17H21N3O3.C12H13N3O/c1-17(2,3)23-16(22)19-10-8-12(9-11-19)20-14-7-5-4-6-13(14)18-15(20)21;16-12-14-10-3-1-2-4-11(10)15(12)9-5-7-13-8-6-9/h4-8H,9-11H2,1-3H3,(H,18,21);1-5,13H,6-8H2,(H,14,16). The summed E-state index contributed by atoms with van der Waals surface area (Å²) < 4.78 is 8.84. The van der Waals surface area contributed by atoms with Gasteiger partial charge in [0.15, 0.2) is 0 Å². The van der Waals surface area contributed by atoms with Crippen molar-refractivity contribution >= 4 is 39.6 Å². The van der Waals surface area contributed by atoms with Gasteiger partial charge in [-0.3, -0.25) is 9.13 Å². The number of imidazole rings is 2. The fraction of sp³-hybridized carbons (Fsp3) is 0.345. The van der Waals surface area contributed by atoms with E-state index >= 15 is 0 Å². The van der Waals surface area contributed by atoms with Gasteiger partial charge in [-0.1, -0.05) is 30.3 Å². The summed E-state index contributed by atoms with van der Waals surface area (Å²) in [7, 11) is 0. The zero-order valence-corrected chi connectivity index (χ0v) is 22.5. The van der Waals surface area contributed by atoms with E-state index < -0.39 is 5.60 Å². The number of carbonyl (C=O) groups excluding carboxylic acids is 1. The summed E-state index contributed by atoms with van der Waals surface area (Å²) in [4.78, 5) is 43.5. The Morgan fingerprint density at radius 1 is 0.821 bits per heavy atom. The number of nitrogens with one attached hydrogen (secondary N) is 3. The van der Waals surface area contributed by atoms with Crippen LogP contribution >= 0.6 is 0 Å². The molecular formula is C29H34N6O4. The lowest BCUT2D eigenvalue weighted by atomic mass is 10.2. The van der Waals surface area contributed by atoms with Crippen molar-refractivity contribution in [2.45, 2.75) is 39.2 Å². The van der Waals surface area contributed by atoms with Crippen LogP contribution in [0.15, 0.2) is 70.3 Å². The van der Waals surface area contributed by atoms with E-state index in [0.29, 0.717) is 19.5 Å². The van der Waals surface area contributed by atoms with Crippen LogP contribution < -0.4 is 16.7 Å². The minimum Gasteiger partial charge on any atom is -0.444 e. The molecule has 10 nitrogen and oxygen atoms in total. The van der Waals surface area contributed by atoms with E-state index in [2.05, 4.69) is 21.4 Å². The maximum Gasteiger partial charge on any atom is 0.410 e. The van der Waals surface area contributed by atoms with Crippen LogP contribution in [0.2, 0.25) is 0 Å². The molecule has 0 saturated heterocycles. The minimum atomic E-state index is -0.505. The van der Waals surface area contributed by atoms with Crippen LogP contribution in [-0.4, -0.2) is 61.9 Å². The van der Waals surface area contributed by atoms with Crippen molar-refractivity contribution in [2.24, 2.45) is 0 Å². The summed E-state index contributed by atoms with van der Waals surface area (Å²) in [6, 6.07) is 15.4. The summed E-state index contributed by atoms with van der Waals surface area (Å²) in [5.41, 5.74) is 4.82. The molecule has 0 aliphatic carbocycles. The Bertz CT molecular complexity index is 1680. The van der Waals surface area contributed by atoms with Crippen molar-refractivity contribution in [3.8, 4) is 0 Å². The maximum absolute atomic E-state index is 12.2. The highest BCUT2D eigenvalue weighted by Gasteiger charge is 2.24. The fourth-order valence-corrected chi connectivity index (χ4v) is 4.85. The summed E-state index contributed by atoms with van der Waals surface area (Å²) >= 11 is 0. The highest BCUT2D eigenvalue weighted by Crippen LogP contribution is 2.21. The first-order valence-electron chi connectivity index (χ1n) is 13.2. The van der Waals surface area contributed by atoms with Crippen LogP contribution in [0.3, 0.4) is 0 Å². The van der Waals surface area contributed by atoms with Gasteiger partial charge in [0.2, 0.25) is 0 Å². The topological polar surface area (TPSA) is 117 Å². The monoisotopic (exact) mass is 530 g/mol. The molecule has 0 fully saturated rings. The lowest BCUT2D eigenvalue weighted by Gasteiger charge is -2.29. The number of benzene rings is 2. The van der Waals surface area contributed by atoms with E-state index in [0.717, 1.165) is 53.0 Å². The molecule has 4 heterocycles. The Labute approximate surface area is 225 Å². The molecule has 0 radical (unpaired) electrons. The molecule has 0 spiro atoms. The molecule has 0 bridgehead atoms. The van der Waals surface area contributed by atoms with Crippen molar-refractivity contribution in [3.05, 3.63) is 81.7 Å². The Balaban J connectivity index is 0.000000168. The van der Waals surface area contributed by atoms with Crippen molar-refractivity contribution in [3.63, 3.8) is 0 Å². The summed E-state index contributed by atoms with van der Waals surface area (Å²) in [6.07, 6.45) is 5.17. The quantitative estimate of drug-likeness (QED) is 0.363. The Morgan fingerprint density at radius 2 is 1.38 bits per heavy atom. The SMILES string of the molecule is CC(C)(C)OC(=O)N1CC=C(n2c(=O)[nH]c3ccccc32)CC1.O=c1[nH]c2ccccc2n1C1=CCNCC1. The molecule has 0 unspecified atom stereocenters. The van der Waals surface area contributed by atoms with Gasteiger partial charge in [-0.25, -0.2) is 14.4 Å². The average Bonchev–Trinajstić information content (AvgIpc) is 3.43. The zero-order valence-electron chi connectivity index (χ0n) is 22.5. The van der Waals surface area contributed by atoms with Gasteiger partial charge < -0.3 is 24.9 Å². The number of para-hydroxylation sites is 4. The third-order valence-electron chi connectivity index (χ3n) is 6.63. The molecule has 1 amide bonds. The molecule has 3 N–H and O–H groups in total. The van der Waals surface area contributed by atoms with Crippen LogP contribution in [0.1, 0.15) is 33.6 Å². The van der Waals surface area contributed by atoms with E-state index in [9.17, 15) is 14.4 Å². The van der Waals surface area contributed by atoms with Crippen LogP contribution in [-0.2, 0) is 4.74 Å². The number of nitrogens with zero attached hydrogens (tertiary/aromatic N) is 3. The Hall–Kier alpha value is -4.31. The number of carbonyl (C=O) groups is 1. The number of hydrogen-bond acceptors (Lipinski definition) is 5. The molecule has 6 rings (SSSR count). The second-order valence-corrected chi connectivity index (χ2v) is 10.6. The number of fused-ring (bicyclic) bond motifs is 2. The van der Waals surface area contributed by atoms with Gasteiger partial charge in [-0.2, -0.15) is 0 Å². The lowest BCUT2D eigenvalue weighted by Crippen LogP contribution is -2.39. The highest BCUT2D eigenvalue weighted by molar-refractivity contribution is 5.80. The van der Waals surface area contributed by atoms with E-state index in [4.69, 9.17) is 4.74 Å². The van der Waals surface area contributed by atoms with E-state index in [1.807, 2.05) is 75.4 Å². The third-order valence-corrected chi connectivity index (χ3v) is 6.63. The maximum atomic E-state index is 12.2. The van der Waals surface area contributed by atoms with Crippen LogP contribution in [0.5, 0.6) is 0 Å². The molecule has 39 heavy (non-hydrogen) atoms. The molecule has 10 heteroatoms. The molecule has 2 aromatic carbocycles. The second kappa shape index (κ2) is 10.8. The fourth-order valence-electron chi connectivity index (χ4n) is 4.85. The van der Waals surface area contributed by atoms with Crippen molar-refractivity contribution in [1.29, 1.82) is 0 Å². The van der Waals surface area contributed by atoms with E-state index in [-0.39, 0.29) is 17.5 Å². The van der Waals surface area contributed by atoms with Gasteiger partial charge >= 0.3 is 17.5 Å². The van der Waals surface area contributed by atoms with Crippen molar-refractivity contribution in [1.82, 2.24) is 29.3 Å². The van der Waals surface area contributed by atoms with E-state index in [1.165, 1.54) is 0 Å². The van der Waals surface area contributed by atoms with E-state index in [1.54, 1.807) is 14.0 Å². The van der Waals surface area contributed by atoms with Gasteiger partial charge in [-0.15, -0.1) is 0 Å². The van der Waals surface area contributed by atoms with Gasteiger partial charge in [0.05, 0.1) is 22.1 Å². The van der Waals surface area contributed by atoms with Crippen molar-refractivity contribution < 1.29 is 9.53 Å². The van der Waals surface area contributed by atoms with Crippen molar-refractivity contribution in [2.75, 3.05) is 26.2 Å². The Kier molecular flexibility index (Phi) is 7.30. The van der Waals surface area contributed by atoms with Crippen LogP contribution in [0, 0.1) is 0 Å². The zero-order chi connectivity index (χ0) is 27.6. The van der Waals surface area contributed by atoms with Gasteiger partial charge in [-0.05, 0) is 51.1 Å². The third kappa shape index (κ3) is 5.75. The number of aromatic amines is 2. The smallest absolute Gasteiger partial charge is 0.410 e. The molecule has 0 saturated carbocycles. The molecule has 2 aliphatic heterocycles. The number of amides is 1. The summed E-state index contributed by atoms with van der Waals surface area (Å²) in [5.74, 6) is 0. The Morgan fingerprint density at radius 3 is 1.87 bits per heavy atom. The van der Waals surface area contributed by atoms with Crippen LogP contribution in [0.4, 0.5) is 4.79 Å². The van der Waals surface area contributed by atoms with Crippen LogP contribution in [0.25, 0.3) is 33.5 Å². The molecule has 0 atom stereocenters.